The van der Waals surface area contributed by atoms with Gasteiger partial charge in [0, 0.05) is 17.0 Å². The monoisotopic (exact) mass is 437 g/mol. The summed E-state index contributed by atoms with van der Waals surface area (Å²) in [5.74, 6) is 0.878. The van der Waals surface area contributed by atoms with Crippen LogP contribution in [0.4, 0.5) is 0 Å². The molecular weight excluding hydrogens is 414 g/mol. The van der Waals surface area contributed by atoms with Gasteiger partial charge in [-0.2, -0.15) is 0 Å². The Morgan fingerprint density at radius 3 is 2.58 bits per heavy atom. The number of aromatic nitrogens is 1. The third-order valence-corrected chi connectivity index (χ3v) is 5.87. The van der Waals surface area contributed by atoms with E-state index >= 15 is 0 Å². The molecule has 0 radical (unpaired) electrons. The predicted molar refractivity (Wildman–Crippen MR) is 120 cm³/mol. The highest BCUT2D eigenvalue weighted by Crippen LogP contribution is 2.35. The van der Waals surface area contributed by atoms with Gasteiger partial charge >= 0.3 is 0 Å². The van der Waals surface area contributed by atoms with Crippen molar-refractivity contribution in [3.8, 4) is 11.5 Å². The Labute approximate surface area is 184 Å². The lowest BCUT2D eigenvalue weighted by Gasteiger charge is -2.19. The van der Waals surface area contributed by atoms with Gasteiger partial charge in [0.25, 0.3) is 5.91 Å². The van der Waals surface area contributed by atoms with Crippen molar-refractivity contribution >= 4 is 34.5 Å². The zero-order valence-corrected chi connectivity index (χ0v) is 18.2. The average molecular weight is 438 g/mol. The van der Waals surface area contributed by atoms with Gasteiger partial charge in [-0.05, 0) is 43.2 Å². The Morgan fingerprint density at radius 1 is 1.06 bits per heavy atom. The van der Waals surface area contributed by atoms with Crippen LogP contribution >= 0.6 is 11.8 Å². The first-order valence-corrected chi connectivity index (χ1v) is 11.0. The molecular formula is C23H23N3O4S. The van der Waals surface area contributed by atoms with Gasteiger partial charge in [-0.3, -0.25) is 20.4 Å². The fourth-order valence-electron chi connectivity index (χ4n) is 3.27. The van der Waals surface area contributed by atoms with E-state index in [9.17, 15) is 9.59 Å². The smallest absolute Gasteiger partial charge is 0.269 e. The molecule has 8 heteroatoms. The average Bonchev–Trinajstić information content (AvgIpc) is 2.79. The van der Waals surface area contributed by atoms with E-state index in [2.05, 4.69) is 16.9 Å². The molecule has 1 aromatic heterocycles. The third-order valence-electron chi connectivity index (χ3n) is 4.83. The van der Waals surface area contributed by atoms with Gasteiger partial charge in [0.1, 0.15) is 18.2 Å². The van der Waals surface area contributed by atoms with E-state index in [-0.39, 0.29) is 17.6 Å². The van der Waals surface area contributed by atoms with E-state index in [4.69, 9.17) is 14.5 Å². The van der Waals surface area contributed by atoms with Crippen molar-refractivity contribution < 1.29 is 19.1 Å². The Morgan fingerprint density at radius 2 is 1.84 bits per heavy atom. The molecule has 160 valence electrons. The van der Waals surface area contributed by atoms with Crippen molar-refractivity contribution in [3.63, 3.8) is 0 Å². The standard InChI is InChI=1S/C23H23N3O4S/c1-3-15-10-17-11-19-20(30-8-7-29-19)12-18(17)24-23(15)31-13-21(27)25-26-22(28)16-6-4-5-14(2)9-16/h4-6,9-12H,3,7-8,13H2,1-2H3,(H,25,27)(H,26,28). The molecule has 3 aromatic rings. The quantitative estimate of drug-likeness (QED) is 0.470. The maximum absolute atomic E-state index is 12.3. The highest BCUT2D eigenvalue weighted by Gasteiger charge is 2.16. The van der Waals surface area contributed by atoms with Gasteiger partial charge in [0.2, 0.25) is 5.91 Å². The molecule has 0 saturated carbocycles. The second-order valence-electron chi connectivity index (χ2n) is 7.16. The van der Waals surface area contributed by atoms with E-state index in [1.807, 2.05) is 32.0 Å². The number of ether oxygens (including phenoxy) is 2. The lowest BCUT2D eigenvalue weighted by Crippen LogP contribution is -2.42. The Hall–Kier alpha value is -3.26. The number of hydrogen-bond acceptors (Lipinski definition) is 6. The predicted octanol–water partition coefficient (Wildman–Crippen LogP) is 3.43. The van der Waals surface area contributed by atoms with Crippen molar-refractivity contribution in [1.29, 1.82) is 0 Å². The number of fused-ring (bicyclic) bond motifs is 2. The van der Waals surface area contributed by atoms with E-state index < -0.39 is 0 Å². The van der Waals surface area contributed by atoms with Crippen molar-refractivity contribution in [2.45, 2.75) is 25.3 Å². The fourth-order valence-corrected chi connectivity index (χ4v) is 4.16. The van der Waals surface area contributed by atoms with E-state index in [1.54, 1.807) is 18.2 Å². The molecule has 4 rings (SSSR count). The van der Waals surface area contributed by atoms with Crippen molar-refractivity contribution in [3.05, 3.63) is 59.2 Å². The summed E-state index contributed by atoms with van der Waals surface area (Å²) in [7, 11) is 0. The number of hydrazine groups is 1. The fraction of sp³-hybridized carbons (Fsp3) is 0.261. The maximum atomic E-state index is 12.3. The van der Waals surface area contributed by atoms with Crippen LogP contribution in [0.15, 0.2) is 47.5 Å². The zero-order valence-electron chi connectivity index (χ0n) is 17.4. The number of benzene rings is 2. The minimum absolute atomic E-state index is 0.129. The summed E-state index contributed by atoms with van der Waals surface area (Å²) in [5.41, 5.74) is 8.22. The summed E-state index contributed by atoms with van der Waals surface area (Å²) in [6.45, 7) is 5.01. The van der Waals surface area contributed by atoms with Crippen LogP contribution in [0.1, 0.15) is 28.4 Å². The van der Waals surface area contributed by atoms with Crippen LogP contribution in [-0.4, -0.2) is 35.8 Å². The number of thioether (sulfide) groups is 1. The number of carbonyl (C=O) groups excluding carboxylic acids is 2. The summed E-state index contributed by atoms with van der Waals surface area (Å²) >= 11 is 1.34. The second kappa shape index (κ2) is 9.26. The molecule has 0 saturated heterocycles. The van der Waals surface area contributed by atoms with Crippen LogP contribution in [0.5, 0.6) is 11.5 Å². The molecule has 0 unspecified atom stereocenters. The van der Waals surface area contributed by atoms with E-state index in [1.165, 1.54) is 11.8 Å². The van der Waals surface area contributed by atoms with Gasteiger partial charge in [-0.25, -0.2) is 4.98 Å². The Bertz CT molecular complexity index is 1150. The van der Waals surface area contributed by atoms with Crippen LogP contribution in [0, 0.1) is 6.92 Å². The van der Waals surface area contributed by atoms with E-state index in [0.29, 0.717) is 24.5 Å². The number of hydrogen-bond donors (Lipinski definition) is 2. The van der Waals surface area contributed by atoms with Gasteiger partial charge < -0.3 is 9.47 Å². The lowest BCUT2D eigenvalue weighted by atomic mass is 10.1. The molecule has 2 heterocycles. The van der Waals surface area contributed by atoms with Crippen molar-refractivity contribution in [1.82, 2.24) is 15.8 Å². The highest BCUT2D eigenvalue weighted by atomic mass is 32.2. The molecule has 0 atom stereocenters. The number of nitrogens with one attached hydrogen (secondary N) is 2. The number of amides is 2. The zero-order chi connectivity index (χ0) is 21.8. The van der Waals surface area contributed by atoms with Gasteiger partial charge in [-0.1, -0.05) is 36.4 Å². The number of pyridine rings is 1. The van der Waals surface area contributed by atoms with Crippen LogP contribution in [-0.2, 0) is 11.2 Å². The number of rotatable bonds is 5. The molecule has 2 amide bonds. The SMILES string of the molecule is CCc1cc2cc3c(cc2nc1SCC(=O)NNC(=O)c1cccc(C)c1)OCCO3. The van der Waals surface area contributed by atoms with Gasteiger partial charge in [0.05, 0.1) is 11.3 Å². The summed E-state index contributed by atoms with van der Waals surface area (Å²) in [6.07, 6.45) is 0.783. The molecule has 1 aliphatic heterocycles. The van der Waals surface area contributed by atoms with Gasteiger partial charge in [0.15, 0.2) is 11.5 Å². The Balaban J connectivity index is 1.41. The Kier molecular flexibility index (Phi) is 6.27. The first kappa shape index (κ1) is 21.0. The minimum Gasteiger partial charge on any atom is -0.486 e. The molecule has 7 nitrogen and oxygen atoms in total. The summed E-state index contributed by atoms with van der Waals surface area (Å²) < 4.78 is 11.3. The van der Waals surface area contributed by atoms with Crippen LogP contribution in [0.25, 0.3) is 10.9 Å². The molecule has 0 bridgehead atoms. The molecule has 31 heavy (non-hydrogen) atoms. The summed E-state index contributed by atoms with van der Waals surface area (Å²) in [4.78, 5) is 29.2. The summed E-state index contributed by atoms with van der Waals surface area (Å²) in [6, 6.07) is 13.0. The molecule has 0 fully saturated rings. The molecule has 0 spiro atoms. The molecule has 2 N–H and O–H groups in total. The minimum atomic E-state index is -0.355. The first-order chi connectivity index (χ1) is 15.0. The summed E-state index contributed by atoms with van der Waals surface area (Å²) in [5, 5.41) is 1.76. The van der Waals surface area contributed by atoms with Crippen molar-refractivity contribution in [2.24, 2.45) is 0 Å². The maximum Gasteiger partial charge on any atom is 0.269 e. The molecule has 2 aromatic carbocycles. The van der Waals surface area contributed by atoms with Gasteiger partial charge in [-0.15, -0.1) is 0 Å². The van der Waals surface area contributed by atoms with E-state index in [0.717, 1.165) is 39.2 Å². The first-order valence-electron chi connectivity index (χ1n) is 10.1. The normalized spacial score (nSPS) is 12.5. The van der Waals surface area contributed by atoms with Crippen LogP contribution in [0.3, 0.4) is 0 Å². The molecule has 1 aliphatic rings. The third kappa shape index (κ3) is 4.91. The second-order valence-corrected chi connectivity index (χ2v) is 8.12. The van der Waals surface area contributed by atoms with Crippen molar-refractivity contribution in [2.75, 3.05) is 19.0 Å². The number of nitrogens with zero attached hydrogens (tertiary/aromatic N) is 1. The number of aryl methyl sites for hydroxylation is 2. The molecule has 0 aliphatic carbocycles. The van der Waals surface area contributed by atoms with Crippen LogP contribution < -0.4 is 20.3 Å². The highest BCUT2D eigenvalue weighted by molar-refractivity contribution is 7.99. The number of carbonyl (C=O) groups is 2. The lowest BCUT2D eigenvalue weighted by molar-refractivity contribution is -0.119. The topological polar surface area (TPSA) is 89.6 Å². The van der Waals surface area contributed by atoms with Crippen LogP contribution in [0.2, 0.25) is 0 Å². The largest absolute Gasteiger partial charge is 0.486 e.